The second kappa shape index (κ2) is 7.85. The van der Waals surface area contributed by atoms with Crippen LogP contribution in [0, 0.1) is 6.92 Å². The number of amides is 1. The van der Waals surface area contributed by atoms with Gasteiger partial charge in [0.25, 0.3) is 0 Å². The average Bonchev–Trinajstić information content (AvgIpc) is 3.32. The van der Waals surface area contributed by atoms with Crippen LogP contribution in [0.2, 0.25) is 5.02 Å². The van der Waals surface area contributed by atoms with Crippen LogP contribution in [-0.2, 0) is 11.2 Å². The Morgan fingerprint density at radius 2 is 1.93 bits per heavy atom. The van der Waals surface area contributed by atoms with Crippen LogP contribution in [0.15, 0.2) is 36.4 Å². The number of ether oxygens (including phenoxy) is 2. The fraction of sp³-hybridized carbons (Fsp3) is 0.300. The van der Waals surface area contributed by atoms with Crippen molar-refractivity contribution in [3.05, 3.63) is 52.5 Å². The Labute approximate surface area is 173 Å². The molecule has 0 radical (unpaired) electrons. The zero-order chi connectivity index (χ0) is 19.7. The lowest BCUT2D eigenvalue weighted by atomic mass is 10.1. The van der Waals surface area contributed by atoms with Crippen LogP contribution in [0.1, 0.15) is 17.5 Å². The first-order chi connectivity index (χ1) is 13.5. The first kappa shape index (κ1) is 18.8. The number of nitrogens with zero attached hydrogens (tertiary/aromatic N) is 2. The minimum atomic E-state index is -0.0180. The van der Waals surface area contributed by atoms with Crippen molar-refractivity contribution in [3.63, 3.8) is 0 Å². The molecule has 0 atom stereocenters. The number of carbonyl (C=O) groups is 1. The van der Waals surface area contributed by atoms with Crippen LogP contribution >= 0.6 is 23.8 Å². The van der Waals surface area contributed by atoms with Crippen molar-refractivity contribution < 1.29 is 14.3 Å². The van der Waals surface area contributed by atoms with Crippen molar-refractivity contribution in [1.82, 2.24) is 10.0 Å². The van der Waals surface area contributed by atoms with Gasteiger partial charge in [-0.2, -0.15) is 0 Å². The van der Waals surface area contributed by atoms with Gasteiger partial charge in [0.05, 0.1) is 17.1 Å². The molecule has 1 saturated heterocycles. The van der Waals surface area contributed by atoms with E-state index in [0.717, 1.165) is 23.2 Å². The predicted molar refractivity (Wildman–Crippen MR) is 112 cm³/mol. The first-order valence-corrected chi connectivity index (χ1v) is 9.83. The van der Waals surface area contributed by atoms with Crippen molar-refractivity contribution in [3.8, 4) is 11.5 Å². The average molecular weight is 418 g/mol. The Morgan fingerprint density at radius 3 is 2.75 bits per heavy atom. The number of nitrogens with one attached hydrogen (secondary N) is 1. The molecule has 2 aliphatic heterocycles. The molecule has 0 aromatic heterocycles. The van der Waals surface area contributed by atoms with Gasteiger partial charge in [0.2, 0.25) is 12.7 Å². The highest BCUT2D eigenvalue weighted by Gasteiger charge is 2.29. The highest BCUT2D eigenvalue weighted by molar-refractivity contribution is 7.80. The summed E-state index contributed by atoms with van der Waals surface area (Å²) in [7, 11) is 0. The molecule has 2 aromatic carbocycles. The zero-order valence-corrected chi connectivity index (χ0v) is 17.0. The third-order valence-electron chi connectivity index (χ3n) is 4.71. The van der Waals surface area contributed by atoms with E-state index in [9.17, 15) is 4.79 Å². The quantitative estimate of drug-likeness (QED) is 0.767. The lowest BCUT2D eigenvalue weighted by molar-refractivity contribution is -0.137. The number of aryl methyl sites for hydroxylation is 1. The molecule has 1 amide bonds. The number of carbonyl (C=O) groups excluding carboxylic acids is 1. The molecular weight excluding hydrogens is 398 g/mol. The molecule has 8 heteroatoms. The van der Waals surface area contributed by atoms with Gasteiger partial charge >= 0.3 is 0 Å². The number of halogens is 1. The van der Waals surface area contributed by atoms with Gasteiger partial charge in [-0.1, -0.05) is 23.7 Å². The van der Waals surface area contributed by atoms with Gasteiger partial charge in [-0.05, 0) is 61.0 Å². The second-order valence-corrected chi connectivity index (χ2v) is 7.57. The summed E-state index contributed by atoms with van der Waals surface area (Å²) in [4.78, 5) is 12.9. The lowest BCUT2D eigenvalue weighted by Crippen LogP contribution is -2.47. The van der Waals surface area contributed by atoms with Crippen LogP contribution in [-0.4, -0.2) is 40.9 Å². The first-order valence-electron chi connectivity index (χ1n) is 9.05. The summed E-state index contributed by atoms with van der Waals surface area (Å²) >= 11 is 11.8. The molecule has 1 fully saturated rings. The van der Waals surface area contributed by atoms with Crippen LogP contribution in [0.5, 0.6) is 11.5 Å². The summed E-state index contributed by atoms with van der Waals surface area (Å²) in [5.74, 6) is 1.37. The van der Waals surface area contributed by atoms with Crippen molar-refractivity contribution in [2.24, 2.45) is 0 Å². The SMILES string of the molecule is Cc1ccc(NC(=S)N2CCCN2C(=O)Cc2ccc3c(c2)OCO3)c(Cl)c1. The summed E-state index contributed by atoms with van der Waals surface area (Å²) in [5, 5.41) is 7.72. The molecule has 4 rings (SSSR count). The molecule has 0 aliphatic carbocycles. The van der Waals surface area contributed by atoms with E-state index in [4.69, 9.17) is 33.3 Å². The Morgan fingerprint density at radius 1 is 1.14 bits per heavy atom. The van der Waals surface area contributed by atoms with Gasteiger partial charge in [-0.15, -0.1) is 0 Å². The van der Waals surface area contributed by atoms with Gasteiger partial charge in [0.1, 0.15) is 0 Å². The van der Waals surface area contributed by atoms with E-state index in [1.54, 1.807) is 10.0 Å². The number of fused-ring (bicyclic) bond motifs is 1. The highest BCUT2D eigenvalue weighted by Crippen LogP contribution is 2.33. The summed E-state index contributed by atoms with van der Waals surface area (Å²) in [6.45, 7) is 3.51. The van der Waals surface area contributed by atoms with Crippen LogP contribution in [0.25, 0.3) is 0 Å². The fourth-order valence-electron chi connectivity index (χ4n) is 3.30. The third-order valence-corrected chi connectivity index (χ3v) is 5.34. The minimum Gasteiger partial charge on any atom is -0.454 e. The highest BCUT2D eigenvalue weighted by atomic mass is 35.5. The zero-order valence-electron chi connectivity index (χ0n) is 15.4. The topological polar surface area (TPSA) is 54.0 Å². The van der Waals surface area contributed by atoms with Gasteiger partial charge in [-0.25, -0.2) is 0 Å². The Hall–Kier alpha value is -2.51. The monoisotopic (exact) mass is 417 g/mol. The number of anilines is 1. The molecule has 2 heterocycles. The van der Waals surface area contributed by atoms with E-state index in [0.29, 0.717) is 34.7 Å². The molecule has 0 bridgehead atoms. The molecule has 6 nitrogen and oxygen atoms in total. The Kier molecular flexibility index (Phi) is 5.28. The van der Waals surface area contributed by atoms with Crippen LogP contribution in [0.3, 0.4) is 0 Å². The maximum Gasteiger partial charge on any atom is 0.245 e. The molecule has 0 saturated carbocycles. The number of hydrogen-bond acceptors (Lipinski definition) is 4. The summed E-state index contributed by atoms with van der Waals surface area (Å²) in [6.07, 6.45) is 1.12. The standard InChI is InChI=1S/C20H20ClN3O3S/c1-13-3-5-16(15(21)9-13)22-20(28)24-8-2-7-23(24)19(25)11-14-4-6-17-18(10-14)27-12-26-17/h3-6,9-10H,2,7-8,11-12H2,1H3,(H,22,28). The van der Waals surface area contributed by atoms with E-state index in [1.165, 1.54) is 0 Å². The number of hydrogen-bond donors (Lipinski definition) is 1. The molecule has 2 aliphatic rings. The summed E-state index contributed by atoms with van der Waals surface area (Å²) < 4.78 is 10.7. The second-order valence-electron chi connectivity index (χ2n) is 6.77. The number of benzene rings is 2. The maximum atomic E-state index is 12.9. The normalized spacial score (nSPS) is 15.1. The predicted octanol–water partition coefficient (Wildman–Crippen LogP) is 3.77. The number of thiocarbonyl (C=S) groups is 1. The van der Waals surface area contributed by atoms with E-state index in [1.807, 2.05) is 43.3 Å². The molecule has 146 valence electrons. The number of hydrazine groups is 1. The van der Waals surface area contributed by atoms with Crippen LogP contribution < -0.4 is 14.8 Å². The maximum absolute atomic E-state index is 12.9. The summed E-state index contributed by atoms with van der Waals surface area (Å²) in [5.41, 5.74) is 2.68. The third kappa shape index (κ3) is 3.86. The molecule has 0 spiro atoms. The molecule has 2 aromatic rings. The van der Waals surface area contributed by atoms with Crippen molar-refractivity contribution in [2.75, 3.05) is 25.2 Å². The molecule has 28 heavy (non-hydrogen) atoms. The van der Waals surface area contributed by atoms with Crippen LogP contribution in [0.4, 0.5) is 5.69 Å². The van der Waals surface area contributed by atoms with E-state index in [-0.39, 0.29) is 19.1 Å². The van der Waals surface area contributed by atoms with E-state index >= 15 is 0 Å². The largest absolute Gasteiger partial charge is 0.454 e. The van der Waals surface area contributed by atoms with Crippen molar-refractivity contribution in [1.29, 1.82) is 0 Å². The number of rotatable bonds is 3. The van der Waals surface area contributed by atoms with Gasteiger partial charge in [0.15, 0.2) is 16.6 Å². The van der Waals surface area contributed by atoms with Gasteiger partial charge < -0.3 is 14.8 Å². The van der Waals surface area contributed by atoms with Crippen molar-refractivity contribution in [2.45, 2.75) is 19.8 Å². The molecular formula is C20H20ClN3O3S. The van der Waals surface area contributed by atoms with E-state index in [2.05, 4.69) is 5.32 Å². The Bertz CT molecular complexity index is 937. The smallest absolute Gasteiger partial charge is 0.245 e. The summed E-state index contributed by atoms with van der Waals surface area (Å²) in [6, 6.07) is 11.3. The minimum absolute atomic E-state index is 0.0180. The van der Waals surface area contributed by atoms with Gasteiger partial charge in [0, 0.05) is 13.1 Å². The lowest BCUT2D eigenvalue weighted by Gasteiger charge is -2.30. The Balaban J connectivity index is 1.43. The van der Waals surface area contributed by atoms with Gasteiger partial charge in [-0.3, -0.25) is 14.8 Å². The fourth-order valence-corrected chi connectivity index (χ4v) is 3.88. The molecule has 0 unspecified atom stereocenters. The van der Waals surface area contributed by atoms with E-state index < -0.39 is 0 Å². The van der Waals surface area contributed by atoms with Crippen molar-refractivity contribution >= 4 is 40.5 Å². The molecule has 1 N–H and O–H groups in total.